The Labute approximate surface area is 151 Å². The van der Waals surface area contributed by atoms with Crippen molar-refractivity contribution < 1.29 is 14.3 Å². The lowest BCUT2D eigenvalue weighted by atomic mass is 9.85. The van der Waals surface area contributed by atoms with Crippen molar-refractivity contribution in [3.05, 3.63) is 29.8 Å². The van der Waals surface area contributed by atoms with Crippen LogP contribution in [0.5, 0.6) is 5.75 Å². The predicted octanol–water partition coefficient (Wildman–Crippen LogP) is 3.15. The summed E-state index contributed by atoms with van der Waals surface area (Å²) in [5.41, 5.74) is 0.965. The van der Waals surface area contributed by atoms with E-state index in [4.69, 9.17) is 4.74 Å². The van der Waals surface area contributed by atoms with E-state index in [1.165, 1.54) is 0 Å². The van der Waals surface area contributed by atoms with Crippen molar-refractivity contribution in [2.75, 3.05) is 33.3 Å². The van der Waals surface area contributed by atoms with Gasteiger partial charge in [0.05, 0.1) is 7.11 Å². The molecule has 1 aromatic carbocycles. The molecule has 1 atom stereocenters. The maximum absolute atomic E-state index is 13.1. The van der Waals surface area contributed by atoms with Crippen LogP contribution in [-0.2, 0) is 9.59 Å². The Morgan fingerprint density at radius 3 is 1.60 bits per heavy atom. The first-order chi connectivity index (χ1) is 11.9. The largest absolute Gasteiger partial charge is 0.497 e. The summed E-state index contributed by atoms with van der Waals surface area (Å²) in [5.74, 6) is -0.326. The van der Waals surface area contributed by atoms with Gasteiger partial charge in [0.1, 0.15) is 11.7 Å². The molecule has 0 N–H and O–H groups in total. The molecular formula is C20H32N2O3. The summed E-state index contributed by atoms with van der Waals surface area (Å²) in [7, 11) is 1.62. The number of hydrogen-bond acceptors (Lipinski definition) is 3. The average molecular weight is 348 g/mol. The molecule has 0 aliphatic heterocycles. The van der Waals surface area contributed by atoms with Crippen LogP contribution in [0.25, 0.3) is 0 Å². The minimum absolute atomic E-state index is 0.0924. The van der Waals surface area contributed by atoms with Crippen LogP contribution in [0.1, 0.15) is 46.1 Å². The zero-order valence-corrected chi connectivity index (χ0v) is 16.4. The Bertz CT molecular complexity index is 525. The molecule has 1 aromatic rings. The van der Waals surface area contributed by atoms with E-state index in [9.17, 15) is 9.59 Å². The Morgan fingerprint density at radius 2 is 1.28 bits per heavy atom. The second-order valence-corrected chi connectivity index (χ2v) is 6.06. The van der Waals surface area contributed by atoms with Crippen molar-refractivity contribution in [1.82, 2.24) is 9.80 Å². The molecule has 0 saturated carbocycles. The van der Waals surface area contributed by atoms with E-state index in [2.05, 4.69) is 0 Å². The normalized spacial score (nSPS) is 12.0. The zero-order chi connectivity index (χ0) is 19.0. The molecule has 0 aromatic heterocycles. The molecule has 0 spiro atoms. The fourth-order valence-corrected chi connectivity index (χ4v) is 3.10. The van der Waals surface area contributed by atoms with E-state index in [0.29, 0.717) is 26.2 Å². The molecule has 2 amide bonds. The third-order valence-electron chi connectivity index (χ3n) is 4.82. The van der Waals surface area contributed by atoms with Gasteiger partial charge in [0.15, 0.2) is 0 Å². The number of methoxy groups -OCH3 is 1. The topological polar surface area (TPSA) is 49.9 Å². The van der Waals surface area contributed by atoms with Crippen molar-refractivity contribution in [2.24, 2.45) is 5.92 Å². The molecule has 1 rings (SSSR count). The number of carbonyl (C=O) groups is 2. The number of benzene rings is 1. The van der Waals surface area contributed by atoms with E-state index in [0.717, 1.165) is 11.3 Å². The summed E-state index contributed by atoms with van der Waals surface area (Å²) in [6.45, 7) is 12.1. The molecular weight excluding hydrogens is 316 g/mol. The van der Waals surface area contributed by atoms with Crippen LogP contribution in [0.2, 0.25) is 0 Å². The molecule has 0 fully saturated rings. The molecule has 0 aliphatic carbocycles. The summed E-state index contributed by atoms with van der Waals surface area (Å²) < 4.78 is 5.20. The Kier molecular flexibility index (Phi) is 8.46. The highest BCUT2D eigenvalue weighted by Gasteiger charge is 2.37. The first-order valence-corrected chi connectivity index (χ1v) is 9.16. The van der Waals surface area contributed by atoms with Crippen molar-refractivity contribution in [3.8, 4) is 5.75 Å². The van der Waals surface area contributed by atoms with Gasteiger partial charge in [-0.05, 0) is 45.4 Å². The fourth-order valence-electron chi connectivity index (χ4n) is 3.10. The number of amides is 2. The molecule has 140 valence electrons. The lowest BCUT2D eigenvalue weighted by Crippen LogP contribution is -2.47. The van der Waals surface area contributed by atoms with Crippen LogP contribution >= 0.6 is 0 Å². The van der Waals surface area contributed by atoms with E-state index >= 15 is 0 Å². The summed E-state index contributed by atoms with van der Waals surface area (Å²) in [4.78, 5) is 29.6. The van der Waals surface area contributed by atoms with Crippen LogP contribution in [0.3, 0.4) is 0 Å². The van der Waals surface area contributed by atoms with E-state index < -0.39 is 5.92 Å². The van der Waals surface area contributed by atoms with Gasteiger partial charge in [-0.25, -0.2) is 0 Å². The van der Waals surface area contributed by atoms with Crippen LogP contribution in [0.4, 0.5) is 0 Å². The molecule has 1 unspecified atom stereocenters. The molecule has 25 heavy (non-hydrogen) atoms. The summed E-state index contributed by atoms with van der Waals surface area (Å²) in [6, 6.07) is 7.60. The predicted molar refractivity (Wildman–Crippen MR) is 101 cm³/mol. The summed E-state index contributed by atoms with van der Waals surface area (Å²) >= 11 is 0. The third kappa shape index (κ3) is 4.97. The standard InChI is InChI=1S/C20H32N2O3/c1-7-21(8-2)19(23)18(20(24)22(9-3)10-4)15(5)16-11-13-17(25-6)14-12-16/h11-15,18H,7-10H2,1-6H3. The summed E-state index contributed by atoms with van der Waals surface area (Å²) in [5, 5.41) is 0. The highest BCUT2D eigenvalue weighted by molar-refractivity contribution is 6.01. The van der Waals surface area contributed by atoms with Crippen molar-refractivity contribution in [2.45, 2.75) is 40.5 Å². The number of ether oxygens (including phenoxy) is 1. The van der Waals surface area contributed by atoms with Gasteiger partial charge < -0.3 is 14.5 Å². The van der Waals surface area contributed by atoms with Crippen LogP contribution in [-0.4, -0.2) is 54.9 Å². The first kappa shape index (κ1) is 21.0. The smallest absolute Gasteiger partial charge is 0.235 e. The summed E-state index contributed by atoms with van der Waals surface area (Å²) in [6.07, 6.45) is 0. The van der Waals surface area contributed by atoms with Gasteiger partial charge in [-0.1, -0.05) is 19.1 Å². The molecule has 0 radical (unpaired) electrons. The van der Waals surface area contributed by atoms with E-state index in [-0.39, 0.29) is 17.7 Å². The monoisotopic (exact) mass is 348 g/mol. The Balaban J connectivity index is 3.23. The van der Waals surface area contributed by atoms with E-state index in [1.807, 2.05) is 58.9 Å². The lowest BCUT2D eigenvalue weighted by Gasteiger charge is -2.32. The van der Waals surface area contributed by atoms with Gasteiger partial charge in [0.2, 0.25) is 11.8 Å². The molecule has 0 saturated heterocycles. The maximum Gasteiger partial charge on any atom is 0.235 e. The SMILES string of the molecule is CCN(CC)C(=O)C(C(=O)N(CC)CC)C(C)c1ccc(OC)cc1. The van der Waals surface area contributed by atoms with E-state index in [1.54, 1.807) is 16.9 Å². The molecule has 0 heterocycles. The third-order valence-corrected chi connectivity index (χ3v) is 4.82. The zero-order valence-electron chi connectivity index (χ0n) is 16.4. The molecule has 0 aliphatic rings. The molecule has 0 bridgehead atoms. The Hall–Kier alpha value is -2.04. The highest BCUT2D eigenvalue weighted by atomic mass is 16.5. The number of carbonyl (C=O) groups excluding carboxylic acids is 2. The maximum atomic E-state index is 13.1. The minimum atomic E-state index is -0.701. The quantitative estimate of drug-likeness (QED) is 0.644. The van der Waals surface area contributed by atoms with Crippen molar-refractivity contribution in [3.63, 3.8) is 0 Å². The van der Waals surface area contributed by atoms with Gasteiger partial charge in [0, 0.05) is 32.1 Å². The minimum Gasteiger partial charge on any atom is -0.497 e. The lowest BCUT2D eigenvalue weighted by molar-refractivity contribution is -0.147. The van der Waals surface area contributed by atoms with Crippen molar-refractivity contribution >= 4 is 11.8 Å². The number of hydrogen-bond donors (Lipinski definition) is 0. The second-order valence-electron chi connectivity index (χ2n) is 6.06. The number of rotatable bonds is 9. The molecule has 5 heteroatoms. The van der Waals surface area contributed by atoms with Gasteiger partial charge >= 0.3 is 0 Å². The Morgan fingerprint density at radius 1 is 0.880 bits per heavy atom. The van der Waals surface area contributed by atoms with Gasteiger partial charge in [-0.3, -0.25) is 9.59 Å². The second kappa shape index (κ2) is 10.1. The number of nitrogens with zero attached hydrogens (tertiary/aromatic N) is 2. The molecule has 5 nitrogen and oxygen atoms in total. The van der Waals surface area contributed by atoms with Crippen LogP contribution < -0.4 is 4.74 Å². The van der Waals surface area contributed by atoms with Crippen LogP contribution in [0.15, 0.2) is 24.3 Å². The highest BCUT2D eigenvalue weighted by Crippen LogP contribution is 2.29. The van der Waals surface area contributed by atoms with Gasteiger partial charge in [-0.2, -0.15) is 0 Å². The fraction of sp³-hybridized carbons (Fsp3) is 0.600. The van der Waals surface area contributed by atoms with Crippen molar-refractivity contribution in [1.29, 1.82) is 0 Å². The van der Waals surface area contributed by atoms with Gasteiger partial charge in [0.25, 0.3) is 0 Å². The first-order valence-electron chi connectivity index (χ1n) is 9.16. The van der Waals surface area contributed by atoms with Crippen LogP contribution in [0, 0.1) is 5.92 Å². The average Bonchev–Trinajstić information content (AvgIpc) is 2.64. The van der Waals surface area contributed by atoms with Gasteiger partial charge in [-0.15, -0.1) is 0 Å².